The zero-order chi connectivity index (χ0) is 12.0. The van der Waals surface area contributed by atoms with E-state index in [1.54, 1.807) is 11.3 Å². The molecule has 3 heteroatoms. The number of hydrogen-bond acceptors (Lipinski definition) is 3. The van der Waals surface area contributed by atoms with E-state index in [-0.39, 0.29) is 11.6 Å². The highest BCUT2D eigenvalue weighted by molar-refractivity contribution is 7.07. The van der Waals surface area contributed by atoms with E-state index >= 15 is 0 Å². The van der Waals surface area contributed by atoms with Gasteiger partial charge < -0.3 is 10.1 Å². The lowest BCUT2D eigenvalue weighted by molar-refractivity contribution is -0.0390. The summed E-state index contributed by atoms with van der Waals surface area (Å²) < 4.78 is 5.85. The third-order valence-electron chi connectivity index (χ3n) is 2.69. The van der Waals surface area contributed by atoms with Crippen molar-refractivity contribution in [2.75, 3.05) is 13.2 Å². The molecule has 0 fully saturated rings. The third-order valence-corrected chi connectivity index (χ3v) is 3.39. The number of thiophene rings is 1. The Bertz CT molecular complexity index is 282. The van der Waals surface area contributed by atoms with Gasteiger partial charge in [0.15, 0.2) is 0 Å². The lowest BCUT2D eigenvalue weighted by atomic mass is 9.93. The predicted molar refractivity (Wildman–Crippen MR) is 71.1 cm³/mol. The van der Waals surface area contributed by atoms with Crippen LogP contribution in [0, 0.1) is 0 Å². The van der Waals surface area contributed by atoms with Crippen LogP contribution in [-0.2, 0) is 4.74 Å². The van der Waals surface area contributed by atoms with Gasteiger partial charge in [-0.15, -0.1) is 0 Å². The molecule has 2 nitrogen and oxygen atoms in total. The summed E-state index contributed by atoms with van der Waals surface area (Å²) in [5.74, 6) is 0. The Labute approximate surface area is 103 Å². The van der Waals surface area contributed by atoms with Gasteiger partial charge >= 0.3 is 0 Å². The van der Waals surface area contributed by atoms with Crippen LogP contribution < -0.4 is 5.32 Å². The zero-order valence-corrected chi connectivity index (χ0v) is 11.6. The molecule has 1 heterocycles. The summed E-state index contributed by atoms with van der Waals surface area (Å²) in [6.45, 7) is 10.3. The molecule has 0 aliphatic carbocycles. The topological polar surface area (TPSA) is 21.3 Å². The van der Waals surface area contributed by atoms with Gasteiger partial charge in [-0.2, -0.15) is 11.3 Å². The molecule has 16 heavy (non-hydrogen) atoms. The summed E-state index contributed by atoms with van der Waals surface area (Å²) in [5, 5.41) is 7.90. The number of ether oxygens (including phenoxy) is 1. The Balaban J connectivity index is 2.78. The molecule has 1 aromatic rings. The lowest BCUT2D eigenvalue weighted by Crippen LogP contribution is -2.41. The molecule has 0 aliphatic rings. The maximum atomic E-state index is 5.85. The van der Waals surface area contributed by atoms with E-state index in [4.69, 9.17) is 4.74 Å². The maximum absolute atomic E-state index is 5.85. The standard InChI is InChI=1S/C13H23NOS/c1-5-8-14-12(11-7-9-16-10-11)13(3,4)15-6-2/h7,9-10,12,14H,5-6,8H2,1-4H3. The van der Waals surface area contributed by atoms with Crippen molar-refractivity contribution in [2.45, 2.75) is 45.8 Å². The van der Waals surface area contributed by atoms with Gasteiger partial charge in [0.1, 0.15) is 0 Å². The highest BCUT2D eigenvalue weighted by Gasteiger charge is 2.30. The van der Waals surface area contributed by atoms with Gasteiger partial charge in [0.2, 0.25) is 0 Å². The van der Waals surface area contributed by atoms with E-state index in [0.29, 0.717) is 0 Å². The Morgan fingerprint density at radius 3 is 2.69 bits per heavy atom. The van der Waals surface area contributed by atoms with E-state index in [1.165, 1.54) is 5.56 Å². The molecule has 1 atom stereocenters. The molecule has 0 bridgehead atoms. The lowest BCUT2D eigenvalue weighted by Gasteiger charge is -2.34. The van der Waals surface area contributed by atoms with Crippen LogP contribution in [0.15, 0.2) is 16.8 Å². The normalized spacial score (nSPS) is 14.0. The smallest absolute Gasteiger partial charge is 0.0820 e. The second kappa shape index (κ2) is 6.38. The fraction of sp³-hybridized carbons (Fsp3) is 0.692. The molecule has 1 unspecified atom stereocenters. The molecule has 0 radical (unpaired) electrons. The molecule has 92 valence electrons. The van der Waals surface area contributed by atoms with Gasteiger partial charge in [0, 0.05) is 6.61 Å². The van der Waals surface area contributed by atoms with Gasteiger partial charge in [-0.25, -0.2) is 0 Å². The average Bonchev–Trinajstić information content (AvgIpc) is 2.71. The summed E-state index contributed by atoms with van der Waals surface area (Å²) in [5.41, 5.74) is 1.17. The SMILES string of the molecule is CCCNC(c1ccsc1)C(C)(C)OCC. The molecule has 0 spiro atoms. The van der Waals surface area contributed by atoms with Gasteiger partial charge in [-0.05, 0) is 56.1 Å². The van der Waals surface area contributed by atoms with Crippen molar-refractivity contribution >= 4 is 11.3 Å². The number of hydrogen-bond donors (Lipinski definition) is 1. The fourth-order valence-corrected chi connectivity index (χ4v) is 2.63. The summed E-state index contributed by atoms with van der Waals surface area (Å²) >= 11 is 1.74. The first-order valence-corrected chi connectivity index (χ1v) is 6.95. The summed E-state index contributed by atoms with van der Waals surface area (Å²) in [6.07, 6.45) is 1.14. The molecule has 1 rings (SSSR count). The van der Waals surface area contributed by atoms with E-state index in [2.05, 4.69) is 42.9 Å². The van der Waals surface area contributed by atoms with Crippen LogP contribution in [0.25, 0.3) is 0 Å². The van der Waals surface area contributed by atoms with Crippen LogP contribution in [-0.4, -0.2) is 18.8 Å². The van der Waals surface area contributed by atoms with Crippen LogP contribution in [0.1, 0.15) is 45.7 Å². The quantitative estimate of drug-likeness (QED) is 0.787. The van der Waals surface area contributed by atoms with Crippen LogP contribution in [0.4, 0.5) is 0 Å². The van der Waals surface area contributed by atoms with Crippen molar-refractivity contribution in [3.05, 3.63) is 22.4 Å². The minimum Gasteiger partial charge on any atom is -0.374 e. The summed E-state index contributed by atoms with van der Waals surface area (Å²) in [4.78, 5) is 0. The Morgan fingerprint density at radius 2 is 2.19 bits per heavy atom. The van der Waals surface area contributed by atoms with E-state index in [9.17, 15) is 0 Å². The van der Waals surface area contributed by atoms with Crippen molar-refractivity contribution in [1.82, 2.24) is 5.32 Å². The zero-order valence-electron chi connectivity index (χ0n) is 10.7. The van der Waals surface area contributed by atoms with E-state index in [0.717, 1.165) is 19.6 Å². The van der Waals surface area contributed by atoms with Gasteiger partial charge in [0.05, 0.1) is 11.6 Å². The molecule has 0 aromatic carbocycles. The molecule has 1 N–H and O–H groups in total. The van der Waals surface area contributed by atoms with Gasteiger partial charge in [-0.1, -0.05) is 6.92 Å². The predicted octanol–water partition coefficient (Wildman–Crippen LogP) is 3.60. The first-order valence-electron chi connectivity index (χ1n) is 6.01. The average molecular weight is 241 g/mol. The molecule has 0 aliphatic heterocycles. The molecule has 0 amide bonds. The van der Waals surface area contributed by atoms with Crippen molar-refractivity contribution in [2.24, 2.45) is 0 Å². The Hall–Kier alpha value is -0.380. The van der Waals surface area contributed by atoms with Crippen LogP contribution in [0.5, 0.6) is 0 Å². The van der Waals surface area contributed by atoms with Crippen molar-refractivity contribution in [3.63, 3.8) is 0 Å². The maximum Gasteiger partial charge on any atom is 0.0820 e. The molecular weight excluding hydrogens is 218 g/mol. The minimum absolute atomic E-state index is 0.162. The summed E-state index contributed by atoms with van der Waals surface area (Å²) in [6, 6.07) is 2.46. The van der Waals surface area contributed by atoms with Crippen LogP contribution >= 0.6 is 11.3 Å². The van der Waals surface area contributed by atoms with E-state index < -0.39 is 0 Å². The minimum atomic E-state index is -0.162. The molecule has 0 saturated carbocycles. The van der Waals surface area contributed by atoms with Crippen molar-refractivity contribution in [1.29, 1.82) is 0 Å². The third kappa shape index (κ3) is 3.58. The second-order valence-electron chi connectivity index (χ2n) is 4.48. The first kappa shape index (κ1) is 13.7. The van der Waals surface area contributed by atoms with Crippen molar-refractivity contribution < 1.29 is 4.74 Å². The Morgan fingerprint density at radius 1 is 1.44 bits per heavy atom. The highest BCUT2D eigenvalue weighted by atomic mass is 32.1. The number of rotatable bonds is 7. The first-order chi connectivity index (χ1) is 7.61. The van der Waals surface area contributed by atoms with E-state index in [1.807, 2.05) is 6.92 Å². The van der Waals surface area contributed by atoms with Gasteiger partial charge in [0.25, 0.3) is 0 Å². The summed E-state index contributed by atoms with van der Waals surface area (Å²) in [7, 11) is 0. The van der Waals surface area contributed by atoms with Crippen LogP contribution in [0.3, 0.4) is 0 Å². The second-order valence-corrected chi connectivity index (χ2v) is 5.26. The largest absolute Gasteiger partial charge is 0.374 e. The molecule has 1 aromatic heterocycles. The number of nitrogens with one attached hydrogen (secondary N) is 1. The Kier molecular flexibility index (Phi) is 5.46. The van der Waals surface area contributed by atoms with Gasteiger partial charge in [-0.3, -0.25) is 0 Å². The van der Waals surface area contributed by atoms with Crippen LogP contribution in [0.2, 0.25) is 0 Å². The molecule has 0 saturated heterocycles. The molecular formula is C13H23NOS. The van der Waals surface area contributed by atoms with Crippen molar-refractivity contribution in [3.8, 4) is 0 Å². The fourth-order valence-electron chi connectivity index (χ4n) is 1.95. The highest BCUT2D eigenvalue weighted by Crippen LogP contribution is 2.30. The monoisotopic (exact) mass is 241 g/mol.